The summed E-state index contributed by atoms with van der Waals surface area (Å²) >= 11 is 0. The van der Waals surface area contributed by atoms with Gasteiger partial charge in [-0.25, -0.2) is 18.7 Å². The number of hydrogen-bond acceptors (Lipinski definition) is 7. The highest BCUT2D eigenvalue weighted by Crippen LogP contribution is 2.39. The first-order valence-corrected chi connectivity index (χ1v) is 12.2. The molecule has 11 heteroatoms. The molecule has 0 unspecified atom stereocenters. The number of ether oxygens (including phenoxy) is 2. The SMILES string of the molecule is CC(C)(C)n1nc([C@@H]2C[C@H](F)[C@H](OC(=O)c3ccc([N+](=O)[O-])cc3)C2)cc1NC(=O)OCc1ccccc1. The number of anilines is 1. The minimum absolute atomic E-state index is 0.0945. The molecular formula is C27H29FN4O6. The van der Waals surface area contributed by atoms with E-state index in [1.54, 1.807) is 10.7 Å². The van der Waals surface area contributed by atoms with Crippen LogP contribution in [0.4, 0.5) is 20.7 Å². The van der Waals surface area contributed by atoms with E-state index in [1.165, 1.54) is 24.3 Å². The van der Waals surface area contributed by atoms with E-state index >= 15 is 0 Å². The van der Waals surface area contributed by atoms with Crippen molar-refractivity contribution in [3.05, 3.63) is 87.6 Å². The van der Waals surface area contributed by atoms with Gasteiger partial charge in [0, 0.05) is 24.1 Å². The van der Waals surface area contributed by atoms with Crippen LogP contribution in [0.1, 0.15) is 61.1 Å². The predicted molar refractivity (Wildman–Crippen MR) is 137 cm³/mol. The Morgan fingerprint density at radius 2 is 1.82 bits per heavy atom. The van der Waals surface area contributed by atoms with Gasteiger partial charge in [0.25, 0.3) is 5.69 Å². The molecule has 1 fully saturated rings. The van der Waals surface area contributed by atoms with Crippen molar-refractivity contribution in [2.24, 2.45) is 0 Å². The number of nitro benzene ring substituents is 1. The number of nitrogens with one attached hydrogen (secondary N) is 1. The number of hydrogen-bond donors (Lipinski definition) is 1. The van der Waals surface area contributed by atoms with Gasteiger partial charge in [0.2, 0.25) is 0 Å². The molecule has 1 aliphatic rings. The molecule has 3 atom stereocenters. The van der Waals surface area contributed by atoms with Gasteiger partial charge in [0.05, 0.1) is 21.7 Å². The maximum absolute atomic E-state index is 14.9. The van der Waals surface area contributed by atoms with E-state index in [4.69, 9.17) is 9.47 Å². The maximum atomic E-state index is 14.9. The van der Waals surface area contributed by atoms with Crippen molar-refractivity contribution in [1.82, 2.24) is 9.78 Å². The Morgan fingerprint density at radius 3 is 2.45 bits per heavy atom. The smallest absolute Gasteiger partial charge is 0.413 e. The van der Waals surface area contributed by atoms with Crippen molar-refractivity contribution >= 4 is 23.6 Å². The van der Waals surface area contributed by atoms with Gasteiger partial charge in [0.1, 0.15) is 24.7 Å². The molecule has 4 rings (SSSR count). The molecule has 1 aliphatic carbocycles. The lowest BCUT2D eigenvalue weighted by Gasteiger charge is -2.22. The monoisotopic (exact) mass is 524 g/mol. The molecule has 0 bridgehead atoms. The summed E-state index contributed by atoms with van der Waals surface area (Å²) in [7, 11) is 0. The second kappa shape index (κ2) is 11.0. The zero-order valence-corrected chi connectivity index (χ0v) is 21.3. The van der Waals surface area contributed by atoms with Crippen LogP contribution in [0.25, 0.3) is 0 Å². The van der Waals surface area contributed by atoms with Gasteiger partial charge < -0.3 is 9.47 Å². The Balaban J connectivity index is 1.43. The zero-order valence-electron chi connectivity index (χ0n) is 21.3. The molecule has 1 heterocycles. The standard InChI is InChI=1S/C27H29FN4O6/c1-27(2,3)31-24(29-26(34)37-16-17-7-5-4-6-8-17)15-22(30-31)19-13-21(28)23(14-19)38-25(33)18-9-11-20(12-10-18)32(35)36/h4-12,15,19,21,23H,13-14,16H2,1-3H3,(H,29,34)/t19-,21+,23-/m1/s1. The summed E-state index contributed by atoms with van der Waals surface area (Å²) in [6.07, 6.45) is -2.74. The van der Waals surface area contributed by atoms with Crippen molar-refractivity contribution in [3.8, 4) is 0 Å². The molecule has 1 saturated carbocycles. The van der Waals surface area contributed by atoms with Gasteiger partial charge in [-0.3, -0.25) is 15.4 Å². The van der Waals surface area contributed by atoms with Crippen molar-refractivity contribution in [2.45, 2.75) is 64.0 Å². The maximum Gasteiger partial charge on any atom is 0.413 e. The Hall–Kier alpha value is -4.28. The molecule has 0 aliphatic heterocycles. The third-order valence-corrected chi connectivity index (χ3v) is 6.23. The fourth-order valence-electron chi connectivity index (χ4n) is 4.30. The van der Waals surface area contributed by atoms with Crippen LogP contribution in [-0.2, 0) is 21.6 Å². The average molecular weight is 525 g/mol. The first kappa shape index (κ1) is 26.8. The van der Waals surface area contributed by atoms with Crippen molar-refractivity contribution in [1.29, 1.82) is 0 Å². The summed E-state index contributed by atoms with van der Waals surface area (Å²) in [5, 5.41) is 18.2. The molecule has 0 spiro atoms. The van der Waals surface area contributed by atoms with E-state index in [2.05, 4.69) is 10.4 Å². The quantitative estimate of drug-likeness (QED) is 0.237. The number of nitro groups is 1. The minimum atomic E-state index is -1.41. The van der Waals surface area contributed by atoms with Crippen LogP contribution in [0, 0.1) is 10.1 Å². The zero-order chi connectivity index (χ0) is 27.4. The minimum Gasteiger partial charge on any atom is -0.456 e. The summed E-state index contributed by atoms with van der Waals surface area (Å²) in [5.41, 5.74) is 0.865. The van der Waals surface area contributed by atoms with Gasteiger partial charge in [-0.15, -0.1) is 0 Å². The first-order chi connectivity index (χ1) is 18.0. The molecule has 1 amide bonds. The number of alkyl halides is 1. The number of esters is 1. The highest BCUT2D eigenvalue weighted by Gasteiger charge is 2.40. The lowest BCUT2D eigenvalue weighted by molar-refractivity contribution is -0.384. The number of rotatable bonds is 7. The fourth-order valence-corrected chi connectivity index (χ4v) is 4.30. The number of benzene rings is 2. The third-order valence-electron chi connectivity index (χ3n) is 6.23. The van der Waals surface area contributed by atoms with E-state index in [-0.39, 0.29) is 36.6 Å². The molecule has 1 aromatic heterocycles. The van der Waals surface area contributed by atoms with Crippen LogP contribution in [0.15, 0.2) is 60.7 Å². The van der Waals surface area contributed by atoms with Crippen LogP contribution >= 0.6 is 0 Å². The number of non-ortho nitro benzene ring substituents is 1. The van der Waals surface area contributed by atoms with Crippen LogP contribution in [0.5, 0.6) is 0 Å². The highest BCUT2D eigenvalue weighted by atomic mass is 19.1. The summed E-state index contributed by atoms with van der Waals surface area (Å²) in [4.78, 5) is 35.2. The Kier molecular flexibility index (Phi) is 7.75. The molecule has 200 valence electrons. The molecule has 1 N–H and O–H groups in total. The number of halogens is 1. The van der Waals surface area contributed by atoms with Gasteiger partial charge >= 0.3 is 12.1 Å². The van der Waals surface area contributed by atoms with Gasteiger partial charge in [-0.05, 0) is 51.3 Å². The Morgan fingerprint density at radius 1 is 1.13 bits per heavy atom. The molecule has 10 nitrogen and oxygen atoms in total. The van der Waals surface area contributed by atoms with Gasteiger partial charge in [-0.1, -0.05) is 30.3 Å². The number of carbonyl (C=O) groups is 2. The summed E-state index contributed by atoms with van der Waals surface area (Å²) < 4.78 is 27.3. The molecule has 0 radical (unpaired) electrons. The predicted octanol–water partition coefficient (Wildman–Crippen LogP) is 5.74. The second-order valence-electron chi connectivity index (χ2n) is 10.2. The van der Waals surface area contributed by atoms with Crippen molar-refractivity contribution in [2.75, 3.05) is 5.32 Å². The van der Waals surface area contributed by atoms with E-state index in [0.29, 0.717) is 11.5 Å². The van der Waals surface area contributed by atoms with Crippen LogP contribution in [-0.4, -0.2) is 39.0 Å². The molecule has 0 saturated heterocycles. The number of amides is 1. The molecule has 38 heavy (non-hydrogen) atoms. The normalized spacial score (nSPS) is 19.1. The van der Waals surface area contributed by atoms with Crippen LogP contribution in [0.2, 0.25) is 0 Å². The van der Waals surface area contributed by atoms with Gasteiger partial charge in [-0.2, -0.15) is 5.10 Å². The topological polar surface area (TPSA) is 126 Å². The molecule has 2 aromatic carbocycles. The number of nitrogens with zero attached hydrogens (tertiary/aromatic N) is 3. The number of aromatic nitrogens is 2. The fraction of sp³-hybridized carbons (Fsp3) is 0.370. The second-order valence-corrected chi connectivity index (χ2v) is 10.2. The van der Waals surface area contributed by atoms with Crippen LogP contribution in [0.3, 0.4) is 0 Å². The van der Waals surface area contributed by atoms with Crippen molar-refractivity contribution in [3.63, 3.8) is 0 Å². The summed E-state index contributed by atoms with van der Waals surface area (Å²) in [6.45, 7) is 5.88. The average Bonchev–Trinajstić information content (AvgIpc) is 3.47. The lowest BCUT2D eigenvalue weighted by Crippen LogP contribution is -2.27. The van der Waals surface area contributed by atoms with E-state index in [0.717, 1.165) is 5.56 Å². The van der Waals surface area contributed by atoms with Crippen LogP contribution < -0.4 is 5.32 Å². The summed E-state index contributed by atoms with van der Waals surface area (Å²) in [5.74, 6) is -0.687. The third kappa shape index (κ3) is 6.34. The largest absolute Gasteiger partial charge is 0.456 e. The number of carbonyl (C=O) groups excluding carboxylic acids is 2. The lowest BCUT2D eigenvalue weighted by atomic mass is 10.0. The highest BCUT2D eigenvalue weighted by molar-refractivity contribution is 5.89. The van der Waals surface area contributed by atoms with Crippen molar-refractivity contribution < 1.29 is 28.4 Å². The molecule has 3 aromatic rings. The Bertz CT molecular complexity index is 1300. The van der Waals surface area contributed by atoms with E-state index < -0.39 is 34.8 Å². The van der Waals surface area contributed by atoms with E-state index in [1.807, 2.05) is 51.1 Å². The van der Waals surface area contributed by atoms with E-state index in [9.17, 15) is 24.1 Å². The Labute approximate surface area is 218 Å². The summed E-state index contributed by atoms with van der Waals surface area (Å²) in [6, 6.07) is 15.9. The molecular weight excluding hydrogens is 495 g/mol. The van der Waals surface area contributed by atoms with Gasteiger partial charge in [0.15, 0.2) is 0 Å². The first-order valence-electron chi connectivity index (χ1n) is 12.2.